The Morgan fingerprint density at radius 3 is 2.45 bits per heavy atom. The molecular formula is C18H24F2N4O4S. The van der Waals surface area contributed by atoms with Gasteiger partial charge in [-0.15, -0.1) is 5.10 Å². The molecule has 1 aromatic carbocycles. The van der Waals surface area contributed by atoms with E-state index in [0.717, 1.165) is 22.7 Å². The molecule has 29 heavy (non-hydrogen) atoms. The molecule has 1 aliphatic rings. The van der Waals surface area contributed by atoms with Crippen molar-refractivity contribution in [1.29, 1.82) is 0 Å². The van der Waals surface area contributed by atoms with Crippen LogP contribution in [0, 0.1) is 11.6 Å². The highest BCUT2D eigenvalue weighted by atomic mass is 32.2. The molecule has 2 aromatic rings. The van der Waals surface area contributed by atoms with E-state index in [9.17, 15) is 12.8 Å². The largest absolute Gasteiger partial charge is 0.407 e. The first kappa shape index (κ1) is 21.6. The Bertz CT molecular complexity index is 974. The topological polar surface area (TPSA) is 112 Å². The van der Waals surface area contributed by atoms with Gasteiger partial charge < -0.3 is 14.9 Å². The fourth-order valence-corrected chi connectivity index (χ4v) is 4.51. The molecule has 8 nitrogen and oxygen atoms in total. The van der Waals surface area contributed by atoms with Crippen LogP contribution in [0.15, 0.2) is 16.5 Å². The van der Waals surface area contributed by atoms with Crippen molar-refractivity contribution < 1.29 is 26.4 Å². The lowest BCUT2D eigenvalue weighted by Crippen LogP contribution is -2.36. The van der Waals surface area contributed by atoms with E-state index in [-0.39, 0.29) is 36.1 Å². The van der Waals surface area contributed by atoms with Gasteiger partial charge in [-0.3, -0.25) is 0 Å². The van der Waals surface area contributed by atoms with Crippen LogP contribution >= 0.6 is 0 Å². The number of anilines is 1. The maximum Gasteiger partial charge on any atom is 0.312 e. The highest BCUT2D eigenvalue weighted by molar-refractivity contribution is 7.88. The van der Waals surface area contributed by atoms with Crippen LogP contribution in [-0.2, 0) is 26.7 Å². The van der Waals surface area contributed by atoms with Crippen molar-refractivity contribution in [2.45, 2.75) is 38.1 Å². The number of ether oxygens (including phenoxy) is 1. The fourth-order valence-electron chi connectivity index (χ4n) is 3.62. The molecule has 0 spiro atoms. The third kappa shape index (κ3) is 4.41. The van der Waals surface area contributed by atoms with Gasteiger partial charge in [-0.1, -0.05) is 12.0 Å². The molecule has 1 aromatic heterocycles. The van der Waals surface area contributed by atoms with E-state index in [0.29, 0.717) is 32.5 Å². The normalized spacial score (nSPS) is 17.0. The molecule has 1 saturated heterocycles. The molecule has 0 unspecified atom stereocenters. The summed E-state index contributed by atoms with van der Waals surface area (Å²) in [5.74, 6) is -1.28. The van der Waals surface area contributed by atoms with Crippen LogP contribution in [0.1, 0.15) is 43.2 Å². The summed E-state index contributed by atoms with van der Waals surface area (Å²) < 4.78 is 65.9. The zero-order chi connectivity index (χ0) is 21.2. The van der Waals surface area contributed by atoms with Gasteiger partial charge >= 0.3 is 6.01 Å². The van der Waals surface area contributed by atoms with Crippen molar-refractivity contribution >= 4 is 16.0 Å². The molecule has 2 heterocycles. The molecule has 3 rings (SSSR count). The Hall–Kier alpha value is -2.11. The van der Waals surface area contributed by atoms with Crippen LogP contribution in [0.3, 0.4) is 0 Å². The average Bonchev–Trinajstić information content (AvgIpc) is 3.10. The zero-order valence-electron chi connectivity index (χ0n) is 16.3. The number of rotatable bonds is 7. The number of halogens is 2. The van der Waals surface area contributed by atoms with Crippen LogP contribution in [0.4, 0.5) is 14.8 Å². The van der Waals surface area contributed by atoms with Gasteiger partial charge in [0.25, 0.3) is 0 Å². The summed E-state index contributed by atoms with van der Waals surface area (Å²) in [6, 6.07) is 1.96. The van der Waals surface area contributed by atoms with Crippen LogP contribution in [0.25, 0.3) is 0 Å². The summed E-state index contributed by atoms with van der Waals surface area (Å²) in [7, 11) is -3.56. The lowest BCUT2D eigenvalue weighted by molar-refractivity contribution is 0.0534. The first-order valence-corrected chi connectivity index (χ1v) is 11.1. The van der Waals surface area contributed by atoms with Crippen molar-refractivity contribution in [3.63, 3.8) is 0 Å². The molecule has 0 atom stereocenters. The number of nitrogens with zero attached hydrogens (tertiary/aromatic N) is 3. The Morgan fingerprint density at radius 1 is 1.21 bits per heavy atom. The summed E-state index contributed by atoms with van der Waals surface area (Å²) in [5.41, 5.74) is 4.49. The fraction of sp³-hybridized carbons (Fsp3) is 0.556. The standard InChI is InChI=1S/C18H24F2N4O4S/c1-3-6-24(29(2,25)26)11-12-9-15(20)13(10-14(12)19)18(4-7-27-8-5-18)16-22-23-17(21)28-16/h9-10H,3-8,11H2,1-2H3,(H2,21,23). The van der Waals surface area contributed by atoms with Gasteiger partial charge in [-0.25, -0.2) is 17.2 Å². The molecule has 0 saturated carbocycles. The second kappa shape index (κ2) is 8.33. The molecule has 0 bridgehead atoms. The van der Waals surface area contributed by atoms with Crippen molar-refractivity contribution in [2.24, 2.45) is 0 Å². The highest BCUT2D eigenvalue weighted by Gasteiger charge is 2.43. The predicted molar refractivity (Wildman–Crippen MR) is 101 cm³/mol. The van der Waals surface area contributed by atoms with Gasteiger partial charge in [-0.2, -0.15) is 4.31 Å². The number of nitrogen functional groups attached to an aromatic ring is 1. The van der Waals surface area contributed by atoms with Crippen molar-refractivity contribution in [1.82, 2.24) is 14.5 Å². The lowest BCUT2D eigenvalue weighted by Gasteiger charge is -2.34. The Morgan fingerprint density at radius 2 is 1.90 bits per heavy atom. The van der Waals surface area contributed by atoms with Gasteiger partial charge in [0.15, 0.2) is 0 Å². The molecule has 0 radical (unpaired) electrons. The van der Waals surface area contributed by atoms with Gasteiger partial charge in [0, 0.05) is 37.4 Å². The quantitative estimate of drug-likeness (QED) is 0.717. The SMILES string of the molecule is CCCN(Cc1cc(F)c(C2(c3nnc(N)o3)CCOCC2)cc1F)S(C)(=O)=O. The predicted octanol–water partition coefficient (Wildman–Crippen LogP) is 2.20. The minimum absolute atomic E-state index is 0.0441. The molecular weight excluding hydrogens is 406 g/mol. The summed E-state index contributed by atoms with van der Waals surface area (Å²) in [6.07, 6.45) is 2.23. The van der Waals surface area contributed by atoms with Crippen molar-refractivity contribution in [3.05, 3.63) is 40.8 Å². The monoisotopic (exact) mass is 430 g/mol. The number of aromatic nitrogens is 2. The Balaban J connectivity index is 2.03. The summed E-state index contributed by atoms with van der Waals surface area (Å²) in [5, 5.41) is 7.56. The zero-order valence-corrected chi connectivity index (χ0v) is 17.1. The summed E-state index contributed by atoms with van der Waals surface area (Å²) >= 11 is 0. The molecule has 1 fully saturated rings. The molecule has 2 N–H and O–H groups in total. The first-order chi connectivity index (χ1) is 13.7. The maximum atomic E-state index is 15.2. The molecule has 0 aliphatic carbocycles. The van der Waals surface area contributed by atoms with E-state index in [2.05, 4.69) is 10.2 Å². The smallest absolute Gasteiger partial charge is 0.312 e. The molecule has 11 heteroatoms. The van der Waals surface area contributed by atoms with Crippen LogP contribution < -0.4 is 5.73 Å². The highest BCUT2D eigenvalue weighted by Crippen LogP contribution is 2.42. The van der Waals surface area contributed by atoms with Crippen molar-refractivity contribution in [3.8, 4) is 0 Å². The van der Waals surface area contributed by atoms with E-state index < -0.39 is 27.1 Å². The van der Waals surface area contributed by atoms with Crippen molar-refractivity contribution in [2.75, 3.05) is 31.7 Å². The Labute approximate surface area is 168 Å². The maximum absolute atomic E-state index is 15.2. The number of nitrogens with two attached hydrogens (primary N) is 1. The van der Waals surface area contributed by atoms with Crippen LogP contribution in [0.5, 0.6) is 0 Å². The average molecular weight is 430 g/mol. The first-order valence-electron chi connectivity index (χ1n) is 9.28. The molecule has 0 amide bonds. The van der Waals surface area contributed by atoms with E-state index >= 15 is 4.39 Å². The summed E-state index contributed by atoms with van der Waals surface area (Å²) in [6.45, 7) is 2.39. The van der Waals surface area contributed by atoms with E-state index in [1.165, 1.54) is 0 Å². The number of hydrogen-bond acceptors (Lipinski definition) is 7. The second-order valence-electron chi connectivity index (χ2n) is 7.16. The number of benzene rings is 1. The third-order valence-corrected chi connectivity index (χ3v) is 6.39. The van der Waals surface area contributed by atoms with Gasteiger partial charge in [0.1, 0.15) is 11.6 Å². The van der Waals surface area contributed by atoms with Crippen LogP contribution in [-0.4, -0.2) is 48.9 Å². The Kier molecular flexibility index (Phi) is 6.20. The minimum atomic E-state index is -3.56. The van der Waals surface area contributed by atoms with E-state index in [1.54, 1.807) is 0 Å². The van der Waals surface area contributed by atoms with Gasteiger partial charge in [0.05, 0.1) is 11.7 Å². The van der Waals surface area contributed by atoms with Gasteiger partial charge in [0.2, 0.25) is 15.9 Å². The van der Waals surface area contributed by atoms with E-state index in [4.69, 9.17) is 14.9 Å². The molecule has 1 aliphatic heterocycles. The summed E-state index contributed by atoms with van der Waals surface area (Å²) in [4.78, 5) is 0. The molecule has 160 valence electrons. The third-order valence-electron chi connectivity index (χ3n) is 5.14. The van der Waals surface area contributed by atoms with Gasteiger partial charge in [-0.05, 0) is 31.4 Å². The lowest BCUT2D eigenvalue weighted by atomic mass is 9.73. The van der Waals surface area contributed by atoms with Crippen LogP contribution in [0.2, 0.25) is 0 Å². The van der Waals surface area contributed by atoms with E-state index in [1.807, 2.05) is 6.92 Å². The minimum Gasteiger partial charge on any atom is -0.407 e. The second-order valence-corrected chi connectivity index (χ2v) is 9.14. The number of sulfonamides is 1. The number of hydrogen-bond donors (Lipinski definition) is 1.